The van der Waals surface area contributed by atoms with Gasteiger partial charge in [-0.25, -0.2) is 18.0 Å². The lowest BCUT2D eigenvalue weighted by molar-refractivity contribution is -0.0721. The summed E-state index contributed by atoms with van der Waals surface area (Å²) in [6.07, 6.45) is 4.59. The first-order chi connectivity index (χ1) is 18.3. The van der Waals surface area contributed by atoms with Gasteiger partial charge in [0.2, 0.25) is 0 Å². The van der Waals surface area contributed by atoms with E-state index >= 15 is 0 Å². The monoisotopic (exact) mass is 546 g/mol. The molecule has 3 aromatic rings. The molecule has 3 aliphatic rings. The molecule has 3 fully saturated rings. The van der Waals surface area contributed by atoms with Crippen LogP contribution in [0.4, 0.5) is 29.5 Å². The molecule has 39 heavy (non-hydrogen) atoms. The first-order valence-electron chi connectivity index (χ1n) is 13.2. The molecule has 2 saturated heterocycles. The van der Waals surface area contributed by atoms with E-state index in [1.807, 2.05) is 11.8 Å². The summed E-state index contributed by atoms with van der Waals surface area (Å²) >= 11 is 0. The van der Waals surface area contributed by atoms with Gasteiger partial charge >= 0.3 is 6.03 Å². The summed E-state index contributed by atoms with van der Waals surface area (Å²) in [5.41, 5.74) is -0.427. The van der Waals surface area contributed by atoms with Gasteiger partial charge in [-0.15, -0.1) is 0 Å². The Labute approximate surface area is 223 Å². The number of hydrogen-bond acceptors (Lipinski definition) is 6. The number of pyridine rings is 1. The highest BCUT2D eigenvalue weighted by molar-refractivity contribution is 5.96. The molecule has 0 aromatic carbocycles. The van der Waals surface area contributed by atoms with Crippen LogP contribution in [0, 0.1) is 5.41 Å². The number of H-pyrrole nitrogens is 1. The van der Waals surface area contributed by atoms with Crippen LogP contribution in [0.1, 0.15) is 46.5 Å². The predicted molar refractivity (Wildman–Crippen MR) is 140 cm³/mol. The molecule has 6 rings (SSSR count). The minimum absolute atomic E-state index is 0.00981. The van der Waals surface area contributed by atoms with Crippen LogP contribution in [0.2, 0.25) is 0 Å². The fourth-order valence-corrected chi connectivity index (χ4v) is 5.76. The van der Waals surface area contributed by atoms with Gasteiger partial charge in [0.1, 0.15) is 11.4 Å². The maximum absolute atomic E-state index is 14.7. The number of aromatic amines is 1. The number of alkyl halides is 3. The molecule has 1 aliphatic carbocycles. The number of piperidine rings is 1. The van der Waals surface area contributed by atoms with Crippen LogP contribution in [-0.4, -0.2) is 84.4 Å². The molecule has 3 aromatic heterocycles. The largest absolute Gasteiger partial charge is 0.396 e. The quantitative estimate of drug-likeness (QED) is 0.427. The summed E-state index contributed by atoms with van der Waals surface area (Å²) in [7, 11) is 0. The Morgan fingerprint density at radius 1 is 1.18 bits per heavy atom. The highest BCUT2D eigenvalue weighted by Gasteiger charge is 2.57. The Morgan fingerprint density at radius 3 is 2.56 bits per heavy atom. The van der Waals surface area contributed by atoms with Gasteiger partial charge in [-0.1, -0.05) is 6.92 Å². The summed E-state index contributed by atoms with van der Waals surface area (Å²) in [6.45, 7) is 5.65. The van der Waals surface area contributed by atoms with E-state index in [0.29, 0.717) is 41.5 Å². The van der Waals surface area contributed by atoms with Crippen LogP contribution in [0.3, 0.4) is 0 Å². The average Bonchev–Trinajstić information content (AvgIpc) is 3.34. The summed E-state index contributed by atoms with van der Waals surface area (Å²) < 4.78 is 44.7. The number of carbonyl (C=O) groups is 1. The number of urea groups is 1. The molecule has 13 heteroatoms. The van der Waals surface area contributed by atoms with Crippen molar-refractivity contribution in [2.24, 2.45) is 5.41 Å². The Kier molecular flexibility index (Phi) is 5.69. The predicted octanol–water partition coefficient (Wildman–Crippen LogP) is 4.18. The van der Waals surface area contributed by atoms with Gasteiger partial charge in [-0.2, -0.15) is 10.2 Å². The average molecular weight is 547 g/mol. The molecule has 1 spiro atoms. The third-order valence-electron chi connectivity index (χ3n) is 8.10. The van der Waals surface area contributed by atoms with Gasteiger partial charge in [0, 0.05) is 36.7 Å². The Balaban J connectivity index is 1.31. The number of halogens is 3. The lowest BCUT2D eigenvalue weighted by Crippen LogP contribution is -2.57. The van der Waals surface area contributed by atoms with Crippen LogP contribution in [-0.2, 0) is 6.54 Å². The molecule has 0 radical (unpaired) electrons. The molecular weight excluding hydrogens is 513 g/mol. The van der Waals surface area contributed by atoms with E-state index in [-0.39, 0.29) is 31.4 Å². The zero-order chi connectivity index (χ0) is 27.8. The van der Waals surface area contributed by atoms with E-state index in [9.17, 15) is 23.1 Å². The number of aromatic nitrogens is 5. The second kappa shape index (κ2) is 8.57. The minimum Gasteiger partial charge on any atom is -0.396 e. The molecule has 3 N–H and O–H groups in total. The standard InChI is InChI=1S/C26H33F3N8O2/c1-23(2,27)11-37-19-8-17(30-9-16(19)21(34-37)35-12-24(3,13-35)15-38)20-18(10-31-33-20)32-22(39)36-14-26(28,29)7-6-25(36)4-5-25/h8-10,38H,4-7,11-15H2,1-3H3,(H,31,33)(H,32,39). The van der Waals surface area contributed by atoms with Crippen molar-refractivity contribution in [1.29, 1.82) is 0 Å². The number of nitrogens with zero attached hydrogens (tertiary/aromatic N) is 6. The Morgan fingerprint density at radius 2 is 1.90 bits per heavy atom. The zero-order valence-electron chi connectivity index (χ0n) is 22.3. The van der Waals surface area contributed by atoms with Crippen molar-refractivity contribution in [3.05, 3.63) is 18.5 Å². The molecule has 2 amide bonds. The number of hydrogen-bond donors (Lipinski definition) is 3. The maximum Gasteiger partial charge on any atom is 0.322 e. The van der Waals surface area contributed by atoms with Crippen molar-refractivity contribution in [2.45, 2.75) is 70.1 Å². The van der Waals surface area contributed by atoms with Crippen molar-refractivity contribution >= 4 is 28.4 Å². The minimum atomic E-state index is -2.91. The number of nitrogens with one attached hydrogen (secondary N) is 2. The second-order valence-corrected chi connectivity index (χ2v) is 12.4. The fraction of sp³-hybridized carbons (Fsp3) is 0.615. The number of aliphatic hydroxyl groups is 1. The maximum atomic E-state index is 14.7. The normalized spacial score (nSPS) is 21.3. The van der Waals surface area contributed by atoms with Crippen molar-refractivity contribution in [3.63, 3.8) is 0 Å². The topological polar surface area (TPSA) is 115 Å². The third kappa shape index (κ3) is 4.70. The lowest BCUT2D eigenvalue weighted by atomic mass is 9.83. The number of likely N-dealkylation sites (tertiary alicyclic amines) is 1. The van der Waals surface area contributed by atoms with Gasteiger partial charge in [0.25, 0.3) is 5.92 Å². The van der Waals surface area contributed by atoms with Crippen molar-refractivity contribution < 1.29 is 23.1 Å². The van der Waals surface area contributed by atoms with E-state index in [0.717, 1.165) is 18.2 Å². The van der Waals surface area contributed by atoms with Gasteiger partial charge in [0.05, 0.1) is 48.2 Å². The van der Waals surface area contributed by atoms with E-state index in [2.05, 4.69) is 20.5 Å². The Bertz CT molecular complexity index is 1420. The van der Waals surface area contributed by atoms with Gasteiger partial charge in [-0.3, -0.25) is 14.8 Å². The van der Waals surface area contributed by atoms with Crippen LogP contribution in [0.25, 0.3) is 22.3 Å². The van der Waals surface area contributed by atoms with Crippen LogP contribution >= 0.6 is 0 Å². The summed E-state index contributed by atoms with van der Waals surface area (Å²) in [6, 6.07) is 1.16. The highest BCUT2D eigenvalue weighted by atomic mass is 19.3. The fourth-order valence-electron chi connectivity index (χ4n) is 5.76. The SMILES string of the molecule is CC(C)(F)Cn1nc(N2CC(C)(CO)C2)c2cnc(-c3[nH]ncc3NC(=O)N3CC(F)(F)CCC34CC4)cc21. The molecule has 0 atom stereocenters. The third-order valence-corrected chi connectivity index (χ3v) is 8.10. The molecule has 0 bridgehead atoms. The number of rotatable bonds is 6. The molecule has 210 valence electrons. The number of amides is 2. The van der Waals surface area contributed by atoms with Crippen molar-refractivity contribution in [1.82, 2.24) is 29.9 Å². The number of anilines is 2. The molecule has 2 aliphatic heterocycles. The molecule has 0 unspecified atom stereocenters. The van der Waals surface area contributed by atoms with Crippen molar-refractivity contribution in [3.8, 4) is 11.4 Å². The highest BCUT2D eigenvalue weighted by Crippen LogP contribution is 2.51. The van der Waals surface area contributed by atoms with Gasteiger partial charge in [-0.05, 0) is 39.2 Å². The van der Waals surface area contributed by atoms with Crippen LogP contribution < -0.4 is 10.2 Å². The van der Waals surface area contributed by atoms with Crippen LogP contribution in [0.5, 0.6) is 0 Å². The summed E-state index contributed by atoms with van der Waals surface area (Å²) in [4.78, 5) is 21.0. The number of carbonyl (C=O) groups excluding carboxylic acids is 1. The van der Waals surface area contributed by atoms with Gasteiger partial charge < -0.3 is 20.2 Å². The molecular formula is C26H33F3N8O2. The summed E-state index contributed by atoms with van der Waals surface area (Å²) in [5, 5.41) is 24.8. The Hall–Kier alpha value is -3.35. The van der Waals surface area contributed by atoms with E-state index < -0.39 is 29.7 Å². The number of fused-ring (bicyclic) bond motifs is 1. The van der Waals surface area contributed by atoms with E-state index in [1.54, 1.807) is 16.9 Å². The van der Waals surface area contributed by atoms with Crippen LogP contribution in [0.15, 0.2) is 18.5 Å². The smallest absolute Gasteiger partial charge is 0.322 e. The first kappa shape index (κ1) is 25.9. The van der Waals surface area contributed by atoms with E-state index in [4.69, 9.17) is 5.10 Å². The van der Waals surface area contributed by atoms with Crippen molar-refractivity contribution in [2.75, 3.05) is 36.5 Å². The lowest BCUT2D eigenvalue weighted by Gasteiger charge is -2.47. The second-order valence-electron chi connectivity index (χ2n) is 12.4. The first-order valence-corrected chi connectivity index (χ1v) is 13.2. The molecule has 10 nitrogen and oxygen atoms in total. The summed E-state index contributed by atoms with van der Waals surface area (Å²) in [5.74, 6) is -2.25. The number of aliphatic hydroxyl groups excluding tert-OH is 1. The van der Waals surface area contributed by atoms with Gasteiger partial charge in [0.15, 0.2) is 5.82 Å². The molecule has 1 saturated carbocycles. The van der Waals surface area contributed by atoms with E-state index in [1.165, 1.54) is 24.9 Å². The molecule has 5 heterocycles. The zero-order valence-corrected chi connectivity index (χ0v) is 22.3.